The molecule has 0 saturated heterocycles. The number of hydrogen-bond acceptors (Lipinski definition) is 3. The van der Waals surface area contributed by atoms with Gasteiger partial charge in [0.15, 0.2) is 0 Å². The van der Waals surface area contributed by atoms with E-state index in [-0.39, 0.29) is 17.7 Å². The van der Waals surface area contributed by atoms with Gasteiger partial charge in [-0.1, -0.05) is 17.7 Å². The average molecular weight is 225 g/mol. The number of halogens is 1. The van der Waals surface area contributed by atoms with Gasteiger partial charge in [0.1, 0.15) is 10.9 Å². The summed E-state index contributed by atoms with van der Waals surface area (Å²) in [5.74, 6) is 0.396. The summed E-state index contributed by atoms with van der Waals surface area (Å²) in [6.07, 6.45) is 3.63. The minimum atomic E-state index is 0.0608. The number of carbonyl (C=O) groups excluding carboxylic acids is 1. The molecule has 4 heteroatoms. The Bertz CT molecular complexity index is 363. The molecule has 2 atom stereocenters. The maximum absolute atomic E-state index is 11.4. The number of hydrogen-bond donors (Lipinski definition) is 1. The van der Waals surface area contributed by atoms with Crippen molar-refractivity contribution in [3.05, 3.63) is 29.0 Å². The van der Waals surface area contributed by atoms with Crippen LogP contribution in [0.4, 0.5) is 0 Å². The SMILES string of the molecule is NC1CCC(=O)CC1c1ccc(Cl)nc1. The van der Waals surface area contributed by atoms with E-state index in [1.54, 1.807) is 12.3 Å². The fourth-order valence-electron chi connectivity index (χ4n) is 2.00. The molecule has 0 amide bonds. The van der Waals surface area contributed by atoms with E-state index in [4.69, 9.17) is 17.3 Å². The fourth-order valence-corrected chi connectivity index (χ4v) is 2.11. The zero-order valence-electron chi connectivity index (χ0n) is 8.32. The summed E-state index contributed by atoms with van der Waals surface area (Å²) >= 11 is 5.71. The van der Waals surface area contributed by atoms with E-state index in [9.17, 15) is 4.79 Å². The van der Waals surface area contributed by atoms with E-state index in [2.05, 4.69) is 4.98 Å². The number of pyridine rings is 1. The summed E-state index contributed by atoms with van der Waals surface area (Å²) in [5, 5.41) is 0.467. The van der Waals surface area contributed by atoms with Crippen molar-refractivity contribution in [2.24, 2.45) is 5.73 Å². The van der Waals surface area contributed by atoms with Gasteiger partial charge in [0.25, 0.3) is 0 Å². The number of nitrogens with zero attached hydrogens (tertiary/aromatic N) is 1. The van der Waals surface area contributed by atoms with Gasteiger partial charge in [-0.05, 0) is 18.1 Å². The van der Waals surface area contributed by atoms with Crippen molar-refractivity contribution < 1.29 is 4.79 Å². The van der Waals surface area contributed by atoms with Crippen LogP contribution in [0.1, 0.15) is 30.7 Å². The van der Waals surface area contributed by atoms with Crippen LogP contribution in [-0.2, 0) is 4.79 Å². The number of rotatable bonds is 1. The molecule has 1 fully saturated rings. The van der Waals surface area contributed by atoms with Crippen LogP contribution in [0.25, 0.3) is 0 Å². The third-order valence-corrected chi connectivity index (χ3v) is 3.12. The highest BCUT2D eigenvalue weighted by Crippen LogP contribution is 2.30. The number of ketones is 1. The lowest BCUT2D eigenvalue weighted by atomic mass is 9.80. The largest absolute Gasteiger partial charge is 0.327 e. The van der Waals surface area contributed by atoms with E-state index >= 15 is 0 Å². The van der Waals surface area contributed by atoms with Gasteiger partial charge in [-0.3, -0.25) is 4.79 Å². The molecule has 2 unspecified atom stereocenters. The second kappa shape index (κ2) is 4.29. The highest BCUT2D eigenvalue weighted by atomic mass is 35.5. The van der Waals surface area contributed by atoms with E-state index in [0.717, 1.165) is 12.0 Å². The van der Waals surface area contributed by atoms with Crippen LogP contribution in [0.15, 0.2) is 18.3 Å². The van der Waals surface area contributed by atoms with E-state index in [0.29, 0.717) is 18.0 Å². The lowest BCUT2D eigenvalue weighted by Gasteiger charge is -2.27. The summed E-state index contributed by atoms with van der Waals surface area (Å²) in [4.78, 5) is 15.4. The van der Waals surface area contributed by atoms with Crippen molar-refractivity contribution in [1.82, 2.24) is 4.98 Å². The Morgan fingerprint density at radius 2 is 2.27 bits per heavy atom. The molecule has 2 rings (SSSR count). The number of carbonyl (C=O) groups is 1. The van der Waals surface area contributed by atoms with Crippen LogP contribution >= 0.6 is 11.6 Å². The van der Waals surface area contributed by atoms with Crippen LogP contribution in [0, 0.1) is 0 Å². The molecule has 0 radical (unpaired) electrons. The van der Waals surface area contributed by atoms with Gasteiger partial charge in [-0.2, -0.15) is 0 Å². The summed E-state index contributed by atoms with van der Waals surface area (Å²) in [6, 6.07) is 3.70. The fraction of sp³-hybridized carbons (Fsp3) is 0.455. The third-order valence-electron chi connectivity index (χ3n) is 2.90. The zero-order chi connectivity index (χ0) is 10.8. The standard InChI is InChI=1S/C11H13ClN2O/c12-11-4-1-7(6-14-11)9-5-8(15)2-3-10(9)13/h1,4,6,9-10H,2-3,5,13H2. The summed E-state index contributed by atoms with van der Waals surface area (Å²) in [6.45, 7) is 0. The van der Waals surface area contributed by atoms with Crippen molar-refractivity contribution in [3.8, 4) is 0 Å². The normalized spacial score (nSPS) is 26.7. The van der Waals surface area contributed by atoms with Crippen molar-refractivity contribution in [3.63, 3.8) is 0 Å². The molecule has 1 aliphatic rings. The average Bonchev–Trinajstić information content (AvgIpc) is 2.23. The van der Waals surface area contributed by atoms with E-state index in [1.165, 1.54) is 0 Å². The lowest BCUT2D eigenvalue weighted by Crippen LogP contribution is -2.34. The van der Waals surface area contributed by atoms with Crippen molar-refractivity contribution in [2.45, 2.75) is 31.2 Å². The van der Waals surface area contributed by atoms with Gasteiger partial charge in [0.2, 0.25) is 0 Å². The second-order valence-electron chi connectivity index (χ2n) is 3.97. The molecule has 80 valence electrons. The van der Waals surface area contributed by atoms with Gasteiger partial charge in [0, 0.05) is 31.0 Å². The topological polar surface area (TPSA) is 56.0 Å². The van der Waals surface area contributed by atoms with Crippen LogP contribution in [0.3, 0.4) is 0 Å². The predicted molar refractivity (Wildman–Crippen MR) is 58.8 cm³/mol. The van der Waals surface area contributed by atoms with Crippen molar-refractivity contribution in [2.75, 3.05) is 0 Å². The predicted octanol–water partition coefficient (Wildman–Crippen LogP) is 1.90. The van der Waals surface area contributed by atoms with Crippen LogP contribution in [0.5, 0.6) is 0 Å². The Morgan fingerprint density at radius 3 is 2.93 bits per heavy atom. The van der Waals surface area contributed by atoms with Crippen LogP contribution < -0.4 is 5.73 Å². The number of nitrogens with two attached hydrogens (primary N) is 1. The number of aromatic nitrogens is 1. The molecule has 1 aromatic heterocycles. The third kappa shape index (κ3) is 2.36. The summed E-state index contributed by atoms with van der Waals surface area (Å²) < 4.78 is 0. The molecule has 15 heavy (non-hydrogen) atoms. The molecule has 1 aliphatic carbocycles. The smallest absolute Gasteiger partial charge is 0.133 e. The molecule has 1 saturated carbocycles. The Balaban J connectivity index is 2.21. The van der Waals surface area contributed by atoms with E-state index < -0.39 is 0 Å². The van der Waals surface area contributed by atoms with Crippen molar-refractivity contribution in [1.29, 1.82) is 0 Å². The molecule has 0 aliphatic heterocycles. The molecule has 0 spiro atoms. The van der Waals surface area contributed by atoms with Crippen molar-refractivity contribution >= 4 is 17.4 Å². The van der Waals surface area contributed by atoms with Gasteiger partial charge in [-0.15, -0.1) is 0 Å². The monoisotopic (exact) mass is 224 g/mol. The lowest BCUT2D eigenvalue weighted by molar-refractivity contribution is -0.120. The maximum atomic E-state index is 11.4. The minimum absolute atomic E-state index is 0.0608. The molecule has 1 heterocycles. The molecular weight excluding hydrogens is 212 g/mol. The first-order chi connectivity index (χ1) is 7.16. The molecule has 0 bridgehead atoms. The van der Waals surface area contributed by atoms with Gasteiger partial charge in [0.05, 0.1) is 0 Å². The Kier molecular flexibility index (Phi) is 3.03. The highest BCUT2D eigenvalue weighted by Gasteiger charge is 2.27. The highest BCUT2D eigenvalue weighted by molar-refractivity contribution is 6.29. The first kappa shape index (κ1) is 10.6. The minimum Gasteiger partial charge on any atom is -0.327 e. The Morgan fingerprint density at radius 1 is 1.47 bits per heavy atom. The zero-order valence-corrected chi connectivity index (χ0v) is 9.07. The Hall–Kier alpha value is -0.930. The van der Waals surface area contributed by atoms with Gasteiger partial charge < -0.3 is 5.73 Å². The molecular formula is C11H13ClN2O. The van der Waals surface area contributed by atoms with Gasteiger partial charge in [-0.25, -0.2) is 4.98 Å². The summed E-state index contributed by atoms with van der Waals surface area (Å²) in [5.41, 5.74) is 7.01. The molecule has 2 N–H and O–H groups in total. The van der Waals surface area contributed by atoms with E-state index in [1.807, 2.05) is 6.07 Å². The first-order valence-corrected chi connectivity index (χ1v) is 5.43. The second-order valence-corrected chi connectivity index (χ2v) is 4.35. The molecule has 3 nitrogen and oxygen atoms in total. The quantitative estimate of drug-likeness (QED) is 0.742. The Labute approximate surface area is 93.6 Å². The molecule has 0 aromatic carbocycles. The number of Topliss-reactive ketones (excluding diaryl/α,β-unsaturated/α-hetero) is 1. The van der Waals surface area contributed by atoms with Crippen LogP contribution in [-0.4, -0.2) is 16.8 Å². The van der Waals surface area contributed by atoms with Gasteiger partial charge >= 0.3 is 0 Å². The first-order valence-electron chi connectivity index (χ1n) is 5.05. The summed E-state index contributed by atoms with van der Waals surface area (Å²) in [7, 11) is 0. The molecule has 1 aromatic rings. The maximum Gasteiger partial charge on any atom is 0.133 e. The van der Waals surface area contributed by atoms with Crippen LogP contribution in [0.2, 0.25) is 5.15 Å².